The highest BCUT2D eigenvalue weighted by Crippen LogP contribution is 2.46. The van der Waals surface area contributed by atoms with Gasteiger partial charge in [-0.05, 0) is 101 Å². The molecule has 0 bridgehead atoms. The van der Waals surface area contributed by atoms with Gasteiger partial charge in [0.15, 0.2) is 0 Å². The van der Waals surface area contributed by atoms with Crippen molar-refractivity contribution in [2.24, 2.45) is 0 Å². The molecule has 0 fully saturated rings. The Morgan fingerprint density at radius 3 is 1.51 bits per heavy atom. The smallest absolute Gasteiger partial charge is 0.0546 e. The fourth-order valence-corrected chi connectivity index (χ4v) is 8.22. The van der Waals surface area contributed by atoms with Crippen LogP contribution in [0.5, 0.6) is 0 Å². The fraction of sp³-hybridized carbons (Fsp3) is 0. The lowest BCUT2D eigenvalue weighted by atomic mass is 9.89. The Labute approximate surface area is 309 Å². The third-order valence-corrected chi connectivity index (χ3v) is 10.6. The second-order valence-electron chi connectivity index (χ2n) is 13.7. The predicted molar refractivity (Wildman–Crippen MR) is 227 cm³/mol. The molecule has 0 heterocycles. The van der Waals surface area contributed by atoms with Crippen molar-refractivity contribution in [3.63, 3.8) is 0 Å². The molecule has 248 valence electrons. The van der Waals surface area contributed by atoms with Gasteiger partial charge in [-0.2, -0.15) is 0 Å². The molecule has 0 aliphatic heterocycles. The molecule has 0 radical (unpaired) electrons. The summed E-state index contributed by atoms with van der Waals surface area (Å²) in [5.41, 5.74) is 10.6. The quantitative estimate of drug-likeness (QED) is 0.159. The molecule has 0 aromatic heterocycles. The third-order valence-electron chi connectivity index (χ3n) is 10.6. The van der Waals surface area contributed by atoms with E-state index in [-0.39, 0.29) is 0 Å². The van der Waals surface area contributed by atoms with Crippen LogP contribution >= 0.6 is 0 Å². The molecular formula is C52H35N. The van der Waals surface area contributed by atoms with Crippen molar-refractivity contribution in [2.75, 3.05) is 4.90 Å². The van der Waals surface area contributed by atoms with Gasteiger partial charge in [0.1, 0.15) is 0 Å². The summed E-state index contributed by atoms with van der Waals surface area (Å²) in [7, 11) is 0. The summed E-state index contributed by atoms with van der Waals surface area (Å²) in [6.45, 7) is 0. The Balaban J connectivity index is 1.22. The van der Waals surface area contributed by atoms with Crippen LogP contribution in [-0.2, 0) is 0 Å². The number of nitrogens with zero attached hydrogens (tertiary/aromatic N) is 1. The number of rotatable bonds is 6. The molecule has 0 aliphatic carbocycles. The van der Waals surface area contributed by atoms with Crippen molar-refractivity contribution in [3.8, 4) is 33.4 Å². The summed E-state index contributed by atoms with van der Waals surface area (Å²) in [4.78, 5) is 2.45. The standard InChI is InChI=1S/C52H35N/c1-3-15-36(16-4-1)40-20-13-21-42(35-40)53(50-28-14-27-49-47-24-10-9-23-45(47)46-25-11-12-26-48(46)52(49)50)41-32-29-39(30-33-41)51-43-22-8-7-19-38(43)31-34-44(51)37-17-5-2-6-18-37/h1-35H. The third kappa shape index (κ3) is 5.34. The van der Waals surface area contributed by atoms with Crippen molar-refractivity contribution in [2.45, 2.75) is 0 Å². The molecular weight excluding hydrogens is 639 g/mol. The molecule has 1 nitrogen and oxygen atoms in total. The molecule has 0 amide bonds. The van der Waals surface area contributed by atoms with Gasteiger partial charge in [-0.3, -0.25) is 0 Å². The zero-order chi connectivity index (χ0) is 35.1. The predicted octanol–water partition coefficient (Wildman–Crippen LogP) is 14.8. The maximum atomic E-state index is 2.45. The van der Waals surface area contributed by atoms with E-state index in [2.05, 4.69) is 217 Å². The Bertz CT molecular complexity index is 2880. The Morgan fingerprint density at radius 2 is 0.811 bits per heavy atom. The van der Waals surface area contributed by atoms with Gasteiger partial charge in [-0.25, -0.2) is 0 Å². The zero-order valence-electron chi connectivity index (χ0n) is 29.2. The van der Waals surface area contributed by atoms with E-state index in [0.717, 1.165) is 17.1 Å². The average molecular weight is 674 g/mol. The second kappa shape index (κ2) is 13.0. The van der Waals surface area contributed by atoms with Crippen LogP contribution in [0.1, 0.15) is 0 Å². The maximum absolute atomic E-state index is 2.45. The van der Waals surface area contributed by atoms with Crippen molar-refractivity contribution < 1.29 is 0 Å². The molecule has 0 unspecified atom stereocenters. The van der Waals surface area contributed by atoms with E-state index >= 15 is 0 Å². The molecule has 0 atom stereocenters. The van der Waals surface area contributed by atoms with Crippen LogP contribution in [0.25, 0.3) is 76.5 Å². The topological polar surface area (TPSA) is 3.24 Å². The monoisotopic (exact) mass is 673 g/mol. The van der Waals surface area contributed by atoms with E-state index in [9.17, 15) is 0 Å². The highest BCUT2D eigenvalue weighted by molar-refractivity contribution is 6.28. The van der Waals surface area contributed by atoms with Crippen LogP contribution in [0.2, 0.25) is 0 Å². The van der Waals surface area contributed by atoms with E-state index in [1.807, 2.05) is 0 Å². The molecule has 0 N–H and O–H groups in total. The average Bonchev–Trinajstić information content (AvgIpc) is 3.24. The minimum absolute atomic E-state index is 1.10. The molecule has 0 spiro atoms. The molecule has 0 aliphatic rings. The number of benzene rings is 10. The van der Waals surface area contributed by atoms with Crippen molar-refractivity contribution >= 4 is 60.2 Å². The molecule has 10 aromatic rings. The van der Waals surface area contributed by atoms with Gasteiger partial charge in [-0.1, -0.05) is 182 Å². The van der Waals surface area contributed by atoms with Crippen LogP contribution in [0.3, 0.4) is 0 Å². The molecule has 10 aromatic carbocycles. The zero-order valence-corrected chi connectivity index (χ0v) is 29.2. The second-order valence-corrected chi connectivity index (χ2v) is 13.7. The first-order chi connectivity index (χ1) is 26.3. The van der Waals surface area contributed by atoms with Crippen molar-refractivity contribution in [1.82, 2.24) is 0 Å². The summed E-state index contributed by atoms with van der Waals surface area (Å²) in [5.74, 6) is 0. The van der Waals surface area contributed by atoms with Gasteiger partial charge in [-0.15, -0.1) is 0 Å². The lowest BCUT2D eigenvalue weighted by molar-refractivity contribution is 1.30. The first kappa shape index (κ1) is 30.8. The van der Waals surface area contributed by atoms with Crippen LogP contribution in [0, 0.1) is 0 Å². The molecule has 10 rings (SSSR count). The normalized spacial score (nSPS) is 11.4. The first-order valence-electron chi connectivity index (χ1n) is 18.3. The summed E-state index contributed by atoms with van der Waals surface area (Å²) in [6, 6.07) is 77.2. The summed E-state index contributed by atoms with van der Waals surface area (Å²) in [5, 5.41) is 10.0. The van der Waals surface area contributed by atoms with Crippen molar-refractivity contribution in [1.29, 1.82) is 0 Å². The van der Waals surface area contributed by atoms with Gasteiger partial charge in [0.25, 0.3) is 0 Å². The largest absolute Gasteiger partial charge is 0.310 e. The Morgan fingerprint density at radius 1 is 0.283 bits per heavy atom. The lowest BCUT2D eigenvalue weighted by Gasteiger charge is -2.28. The lowest BCUT2D eigenvalue weighted by Crippen LogP contribution is -2.11. The summed E-state index contributed by atoms with van der Waals surface area (Å²) < 4.78 is 0. The molecule has 0 saturated carbocycles. The highest BCUT2D eigenvalue weighted by Gasteiger charge is 2.20. The van der Waals surface area contributed by atoms with E-state index in [4.69, 9.17) is 0 Å². The fourth-order valence-electron chi connectivity index (χ4n) is 8.22. The minimum atomic E-state index is 1.10. The van der Waals surface area contributed by atoms with Crippen LogP contribution in [0.4, 0.5) is 17.1 Å². The Kier molecular flexibility index (Phi) is 7.55. The highest BCUT2D eigenvalue weighted by atomic mass is 15.1. The van der Waals surface area contributed by atoms with Crippen LogP contribution < -0.4 is 4.90 Å². The van der Waals surface area contributed by atoms with E-state index < -0.39 is 0 Å². The van der Waals surface area contributed by atoms with E-state index in [1.165, 1.54) is 76.5 Å². The molecule has 1 heteroatoms. The minimum Gasteiger partial charge on any atom is -0.310 e. The number of fused-ring (bicyclic) bond motifs is 7. The summed E-state index contributed by atoms with van der Waals surface area (Å²) in [6.07, 6.45) is 0. The Hall–Kier alpha value is -6.96. The van der Waals surface area contributed by atoms with Gasteiger partial charge < -0.3 is 4.90 Å². The van der Waals surface area contributed by atoms with Gasteiger partial charge in [0, 0.05) is 16.8 Å². The van der Waals surface area contributed by atoms with Crippen molar-refractivity contribution in [3.05, 3.63) is 212 Å². The summed E-state index contributed by atoms with van der Waals surface area (Å²) >= 11 is 0. The number of hydrogen-bond donors (Lipinski definition) is 0. The maximum Gasteiger partial charge on any atom is 0.0546 e. The number of anilines is 3. The van der Waals surface area contributed by atoms with E-state index in [0.29, 0.717) is 0 Å². The molecule has 53 heavy (non-hydrogen) atoms. The van der Waals surface area contributed by atoms with Crippen LogP contribution in [0.15, 0.2) is 212 Å². The van der Waals surface area contributed by atoms with E-state index in [1.54, 1.807) is 0 Å². The van der Waals surface area contributed by atoms with Crippen LogP contribution in [-0.4, -0.2) is 0 Å². The molecule has 0 saturated heterocycles. The first-order valence-corrected chi connectivity index (χ1v) is 18.3. The van der Waals surface area contributed by atoms with Gasteiger partial charge in [0.05, 0.1) is 5.69 Å². The van der Waals surface area contributed by atoms with Gasteiger partial charge >= 0.3 is 0 Å². The SMILES string of the molecule is c1ccc(-c2cccc(N(c3ccc(-c4c(-c5ccccc5)ccc5ccccc45)cc3)c3cccc4c5ccccc5c5ccccc5c34)c2)cc1. The number of hydrogen-bond acceptors (Lipinski definition) is 1. The van der Waals surface area contributed by atoms with Gasteiger partial charge in [0.2, 0.25) is 0 Å².